The summed E-state index contributed by atoms with van der Waals surface area (Å²) in [4.78, 5) is 9.43. The van der Waals surface area contributed by atoms with Gasteiger partial charge in [0.05, 0.1) is 6.10 Å². The summed E-state index contributed by atoms with van der Waals surface area (Å²) in [5.74, 6) is 0.879. The van der Waals surface area contributed by atoms with E-state index < -0.39 is 0 Å². The number of hydrogen-bond acceptors (Lipinski definition) is 4. The Hall–Kier alpha value is -0.970. The van der Waals surface area contributed by atoms with Crippen LogP contribution < -0.4 is 0 Å². The van der Waals surface area contributed by atoms with Gasteiger partial charge in [0, 0.05) is 57.8 Å². The monoisotopic (exact) mass is 287 g/mol. The maximum Gasteiger partial charge on any atom is 0.0717 e. The molecule has 3 fully saturated rings. The molecule has 2 aliphatic heterocycles. The third kappa shape index (κ3) is 3.44. The average Bonchev–Trinajstić information content (AvgIpc) is 3.25. The highest BCUT2D eigenvalue weighted by Crippen LogP contribution is 2.31. The van der Waals surface area contributed by atoms with Crippen LogP contribution in [0.5, 0.6) is 0 Å². The number of rotatable bonds is 5. The summed E-state index contributed by atoms with van der Waals surface area (Å²) < 4.78 is 6.10. The van der Waals surface area contributed by atoms with Crippen molar-refractivity contribution >= 4 is 0 Å². The molecule has 4 rings (SSSR count). The molecule has 0 N–H and O–H groups in total. The second-order valence-electron chi connectivity index (χ2n) is 6.88. The van der Waals surface area contributed by atoms with Crippen molar-refractivity contribution in [1.29, 1.82) is 0 Å². The summed E-state index contributed by atoms with van der Waals surface area (Å²) >= 11 is 0. The van der Waals surface area contributed by atoms with Gasteiger partial charge in [0.15, 0.2) is 0 Å². The minimum absolute atomic E-state index is 0.481. The fourth-order valence-electron chi connectivity index (χ4n) is 3.63. The van der Waals surface area contributed by atoms with Gasteiger partial charge < -0.3 is 4.74 Å². The highest BCUT2D eigenvalue weighted by atomic mass is 16.5. The summed E-state index contributed by atoms with van der Waals surface area (Å²) in [6, 6.07) is 4.90. The van der Waals surface area contributed by atoms with E-state index in [0.717, 1.165) is 25.6 Å². The van der Waals surface area contributed by atoms with Gasteiger partial charge in [-0.3, -0.25) is 14.8 Å². The van der Waals surface area contributed by atoms with E-state index in [0.29, 0.717) is 12.1 Å². The van der Waals surface area contributed by atoms with Crippen LogP contribution in [0, 0.1) is 5.92 Å². The number of ether oxygens (including phenoxy) is 1. The minimum Gasteiger partial charge on any atom is -0.377 e. The minimum atomic E-state index is 0.481. The van der Waals surface area contributed by atoms with E-state index in [4.69, 9.17) is 4.74 Å². The molecule has 0 aromatic carbocycles. The molecule has 4 nitrogen and oxygen atoms in total. The van der Waals surface area contributed by atoms with Gasteiger partial charge in [0.2, 0.25) is 0 Å². The molecule has 0 bridgehead atoms. The van der Waals surface area contributed by atoms with Crippen LogP contribution in [0.2, 0.25) is 0 Å². The molecule has 0 unspecified atom stereocenters. The number of pyridine rings is 1. The van der Waals surface area contributed by atoms with E-state index in [9.17, 15) is 0 Å². The van der Waals surface area contributed by atoms with Crippen LogP contribution in [-0.2, 0) is 11.3 Å². The normalized spacial score (nSPS) is 30.5. The van der Waals surface area contributed by atoms with Gasteiger partial charge in [0.1, 0.15) is 0 Å². The van der Waals surface area contributed by atoms with Gasteiger partial charge in [0.25, 0.3) is 0 Å². The van der Waals surface area contributed by atoms with Crippen molar-refractivity contribution < 1.29 is 4.74 Å². The van der Waals surface area contributed by atoms with Crippen molar-refractivity contribution in [3.8, 4) is 0 Å². The Morgan fingerprint density at radius 1 is 1.24 bits per heavy atom. The molecule has 0 spiro atoms. The van der Waals surface area contributed by atoms with Crippen LogP contribution in [-0.4, -0.2) is 59.7 Å². The first-order chi connectivity index (χ1) is 10.4. The van der Waals surface area contributed by atoms with Gasteiger partial charge in [-0.25, -0.2) is 0 Å². The Morgan fingerprint density at radius 2 is 2.19 bits per heavy atom. The molecule has 0 radical (unpaired) electrons. The molecule has 1 aromatic heterocycles. The Bertz CT molecular complexity index is 462. The number of fused-ring (bicyclic) bond motifs is 1. The van der Waals surface area contributed by atoms with Crippen molar-refractivity contribution in [3.63, 3.8) is 0 Å². The van der Waals surface area contributed by atoms with Crippen molar-refractivity contribution in [2.24, 2.45) is 5.92 Å². The van der Waals surface area contributed by atoms with E-state index >= 15 is 0 Å². The number of nitrogens with zero attached hydrogens (tertiary/aromatic N) is 3. The van der Waals surface area contributed by atoms with E-state index in [1.165, 1.54) is 44.5 Å². The third-order valence-corrected chi connectivity index (χ3v) is 5.06. The second-order valence-corrected chi connectivity index (χ2v) is 6.88. The van der Waals surface area contributed by atoms with Crippen molar-refractivity contribution in [2.45, 2.75) is 38.0 Å². The average molecular weight is 287 g/mol. The quantitative estimate of drug-likeness (QED) is 0.825. The summed E-state index contributed by atoms with van der Waals surface area (Å²) in [6.45, 7) is 6.72. The lowest BCUT2D eigenvalue weighted by Gasteiger charge is -2.37. The third-order valence-electron chi connectivity index (χ3n) is 5.06. The standard InChI is InChI=1S/C17H25N3O/c1-2-15(9-18-5-1)10-19-6-7-20-12-17(8-16(20)11-19)21-13-14-3-4-14/h1-2,5,9,14,16-17H,3-4,6-8,10-13H2/t16-,17-/m0/s1. The number of piperazine rings is 1. The Balaban J connectivity index is 1.28. The summed E-state index contributed by atoms with van der Waals surface area (Å²) in [5, 5.41) is 0. The second kappa shape index (κ2) is 6.03. The topological polar surface area (TPSA) is 28.6 Å². The molecule has 3 heterocycles. The SMILES string of the molecule is c1cncc(CN2CCN3C[C@@H](OCC4CC4)C[C@H]3C2)c1. The van der Waals surface area contributed by atoms with E-state index in [-0.39, 0.29) is 0 Å². The molecular formula is C17H25N3O. The van der Waals surface area contributed by atoms with Crippen molar-refractivity contribution in [2.75, 3.05) is 32.8 Å². The van der Waals surface area contributed by atoms with Crippen LogP contribution in [0.4, 0.5) is 0 Å². The lowest BCUT2D eigenvalue weighted by molar-refractivity contribution is 0.0508. The summed E-state index contributed by atoms with van der Waals surface area (Å²) in [5.41, 5.74) is 1.32. The van der Waals surface area contributed by atoms with Gasteiger partial charge in [-0.1, -0.05) is 6.07 Å². The zero-order valence-electron chi connectivity index (χ0n) is 12.7. The fourth-order valence-corrected chi connectivity index (χ4v) is 3.63. The largest absolute Gasteiger partial charge is 0.377 e. The number of hydrogen-bond donors (Lipinski definition) is 0. The number of aromatic nitrogens is 1. The Morgan fingerprint density at radius 3 is 3.00 bits per heavy atom. The first-order valence-corrected chi connectivity index (χ1v) is 8.34. The van der Waals surface area contributed by atoms with Crippen LogP contribution >= 0.6 is 0 Å². The molecule has 2 saturated heterocycles. The van der Waals surface area contributed by atoms with Crippen molar-refractivity contribution in [1.82, 2.24) is 14.8 Å². The maximum absolute atomic E-state index is 6.10. The molecular weight excluding hydrogens is 262 g/mol. The van der Waals surface area contributed by atoms with E-state index in [1.807, 2.05) is 18.5 Å². The fraction of sp³-hybridized carbons (Fsp3) is 0.706. The predicted octanol–water partition coefficient (Wildman–Crippen LogP) is 1.77. The lowest BCUT2D eigenvalue weighted by atomic mass is 10.1. The first-order valence-electron chi connectivity index (χ1n) is 8.34. The highest BCUT2D eigenvalue weighted by Gasteiger charge is 2.37. The Labute approximate surface area is 127 Å². The molecule has 4 heteroatoms. The smallest absolute Gasteiger partial charge is 0.0717 e. The summed E-state index contributed by atoms with van der Waals surface area (Å²) in [7, 11) is 0. The molecule has 1 saturated carbocycles. The van der Waals surface area contributed by atoms with Crippen LogP contribution in [0.15, 0.2) is 24.5 Å². The molecule has 3 aliphatic rings. The zero-order chi connectivity index (χ0) is 14.1. The van der Waals surface area contributed by atoms with Crippen LogP contribution in [0.3, 0.4) is 0 Å². The molecule has 2 atom stereocenters. The maximum atomic E-state index is 6.10. The molecule has 0 amide bonds. The van der Waals surface area contributed by atoms with Crippen molar-refractivity contribution in [3.05, 3.63) is 30.1 Å². The van der Waals surface area contributed by atoms with E-state index in [2.05, 4.69) is 20.9 Å². The lowest BCUT2D eigenvalue weighted by Crippen LogP contribution is -2.49. The van der Waals surface area contributed by atoms with Crippen LogP contribution in [0.1, 0.15) is 24.8 Å². The van der Waals surface area contributed by atoms with Crippen LogP contribution in [0.25, 0.3) is 0 Å². The molecule has 1 aromatic rings. The Kier molecular flexibility index (Phi) is 3.93. The molecule has 21 heavy (non-hydrogen) atoms. The predicted molar refractivity (Wildman–Crippen MR) is 82.0 cm³/mol. The van der Waals surface area contributed by atoms with Gasteiger partial charge in [-0.2, -0.15) is 0 Å². The van der Waals surface area contributed by atoms with E-state index in [1.54, 1.807) is 0 Å². The molecule has 114 valence electrons. The zero-order valence-corrected chi connectivity index (χ0v) is 12.7. The van der Waals surface area contributed by atoms with Gasteiger partial charge in [-0.05, 0) is 36.8 Å². The first kappa shape index (κ1) is 13.7. The highest BCUT2D eigenvalue weighted by molar-refractivity contribution is 5.08. The summed E-state index contributed by atoms with van der Waals surface area (Å²) in [6.07, 6.45) is 8.31. The molecule has 1 aliphatic carbocycles. The van der Waals surface area contributed by atoms with Gasteiger partial charge >= 0.3 is 0 Å². The van der Waals surface area contributed by atoms with Gasteiger partial charge in [-0.15, -0.1) is 0 Å².